The first-order valence-electron chi connectivity index (χ1n) is 9.51. The van der Waals surface area contributed by atoms with E-state index in [2.05, 4.69) is 4.98 Å². The Kier molecular flexibility index (Phi) is 6.90. The molecular weight excluding hydrogens is 398 g/mol. The van der Waals surface area contributed by atoms with Crippen LogP contribution in [-0.2, 0) is 14.2 Å². The third-order valence-electron chi connectivity index (χ3n) is 3.89. The molecule has 0 bridgehead atoms. The molecule has 2 rings (SSSR count). The molecule has 1 aliphatic rings. The van der Waals surface area contributed by atoms with E-state index in [1.54, 1.807) is 41.5 Å². The van der Waals surface area contributed by atoms with E-state index < -0.39 is 54.1 Å². The van der Waals surface area contributed by atoms with Crippen molar-refractivity contribution in [3.63, 3.8) is 0 Å². The molecule has 168 valence electrons. The van der Waals surface area contributed by atoms with Gasteiger partial charge < -0.3 is 24.4 Å². The highest BCUT2D eigenvalue weighted by atomic mass is 16.6. The minimum absolute atomic E-state index is 0.0774. The Morgan fingerprint density at radius 1 is 1.20 bits per heavy atom. The Balaban J connectivity index is 2.36. The predicted molar refractivity (Wildman–Crippen MR) is 105 cm³/mol. The van der Waals surface area contributed by atoms with E-state index in [9.17, 15) is 24.6 Å². The molecule has 0 spiro atoms. The summed E-state index contributed by atoms with van der Waals surface area (Å²) in [6.45, 7) is 9.37. The second kappa shape index (κ2) is 8.70. The Labute approximate surface area is 174 Å². The summed E-state index contributed by atoms with van der Waals surface area (Å²) in [5, 5.41) is 19.1. The number of imide groups is 1. The summed E-state index contributed by atoms with van der Waals surface area (Å²) in [6.07, 6.45) is -3.34. The predicted octanol–water partition coefficient (Wildman–Crippen LogP) is 1.56. The second-order valence-corrected chi connectivity index (χ2v) is 8.89. The van der Waals surface area contributed by atoms with Crippen LogP contribution in [0.5, 0.6) is 0 Å². The van der Waals surface area contributed by atoms with Crippen molar-refractivity contribution in [2.24, 2.45) is 0 Å². The number of aliphatic hydroxyl groups excluding tert-OH is 2. The number of aliphatic hydroxyl groups is 2. The summed E-state index contributed by atoms with van der Waals surface area (Å²) in [4.78, 5) is 42.2. The van der Waals surface area contributed by atoms with Gasteiger partial charge in [0.2, 0.25) is 0 Å². The van der Waals surface area contributed by atoms with Gasteiger partial charge in [0.05, 0.1) is 12.7 Å². The number of hydrogen-bond acceptors (Lipinski definition) is 9. The van der Waals surface area contributed by atoms with Crippen molar-refractivity contribution in [1.29, 1.82) is 0 Å². The van der Waals surface area contributed by atoms with Crippen LogP contribution in [0.4, 0.5) is 15.4 Å². The first kappa shape index (κ1) is 23.8. The summed E-state index contributed by atoms with van der Waals surface area (Å²) in [7, 11) is 0. The van der Waals surface area contributed by atoms with Crippen LogP contribution in [0.2, 0.25) is 0 Å². The van der Waals surface area contributed by atoms with Gasteiger partial charge in [0.15, 0.2) is 5.82 Å². The molecule has 11 nitrogen and oxygen atoms in total. The van der Waals surface area contributed by atoms with Gasteiger partial charge in [0.25, 0.3) is 0 Å². The fraction of sp³-hybridized carbons (Fsp3) is 0.684. The first-order chi connectivity index (χ1) is 13.7. The van der Waals surface area contributed by atoms with Gasteiger partial charge in [-0.15, -0.1) is 0 Å². The van der Waals surface area contributed by atoms with Crippen molar-refractivity contribution in [2.45, 2.75) is 77.6 Å². The second-order valence-electron chi connectivity index (χ2n) is 8.89. The van der Waals surface area contributed by atoms with E-state index >= 15 is 0 Å². The normalized spacial score (nSPS) is 21.9. The molecule has 3 atom stereocenters. The van der Waals surface area contributed by atoms with Crippen LogP contribution in [0.1, 0.15) is 54.2 Å². The van der Waals surface area contributed by atoms with Crippen molar-refractivity contribution < 1.29 is 34.0 Å². The lowest BCUT2D eigenvalue weighted by Crippen LogP contribution is -2.45. The summed E-state index contributed by atoms with van der Waals surface area (Å²) in [6, 6.07) is 1.26. The fourth-order valence-corrected chi connectivity index (χ4v) is 2.67. The number of hydrogen-bond donors (Lipinski definition) is 2. The van der Waals surface area contributed by atoms with Crippen molar-refractivity contribution >= 4 is 18.0 Å². The number of rotatable bonds is 3. The highest BCUT2D eigenvalue weighted by Crippen LogP contribution is 2.28. The van der Waals surface area contributed by atoms with Gasteiger partial charge >= 0.3 is 17.9 Å². The summed E-state index contributed by atoms with van der Waals surface area (Å²) >= 11 is 0. The number of nitrogens with zero attached hydrogens (tertiary/aromatic N) is 3. The number of amides is 2. The molecule has 1 unspecified atom stereocenters. The lowest BCUT2D eigenvalue weighted by atomic mass is 10.2. The zero-order valence-corrected chi connectivity index (χ0v) is 18.0. The van der Waals surface area contributed by atoms with Crippen LogP contribution in [-0.4, -0.2) is 62.0 Å². The quantitative estimate of drug-likeness (QED) is 0.735. The van der Waals surface area contributed by atoms with E-state index in [4.69, 9.17) is 14.2 Å². The van der Waals surface area contributed by atoms with Gasteiger partial charge in [0, 0.05) is 12.6 Å². The Morgan fingerprint density at radius 2 is 1.73 bits per heavy atom. The minimum Gasteiger partial charge on any atom is -0.443 e. The molecule has 2 heterocycles. The van der Waals surface area contributed by atoms with Gasteiger partial charge in [-0.05, 0) is 47.6 Å². The molecule has 1 saturated heterocycles. The molecule has 1 fully saturated rings. The Bertz CT molecular complexity index is 811. The number of ether oxygens (including phenoxy) is 3. The third-order valence-corrected chi connectivity index (χ3v) is 3.89. The SMILES string of the molecule is CC(C)(C)OC(=O)N(C(=O)OC(C)(C)C)c1ccn([C@H]2C[C@H](O)C(CO)O2)c(=O)n1. The standard InChI is InChI=1S/C19H29N3O8/c1-18(2,3)29-16(26)22(17(27)30-19(4,5)6)13-7-8-21(15(25)20-13)14-9-11(24)12(10-23)28-14/h7-8,11-12,14,23-24H,9-10H2,1-6H3/t11-,12?,14+/m0/s1. The lowest BCUT2D eigenvalue weighted by Gasteiger charge is -2.28. The van der Waals surface area contributed by atoms with Gasteiger partial charge in [-0.1, -0.05) is 0 Å². The lowest BCUT2D eigenvalue weighted by molar-refractivity contribution is -0.0458. The molecule has 2 amide bonds. The Morgan fingerprint density at radius 3 is 2.13 bits per heavy atom. The first-order valence-corrected chi connectivity index (χ1v) is 9.51. The molecule has 0 aliphatic carbocycles. The van der Waals surface area contributed by atoms with Crippen LogP contribution in [0.15, 0.2) is 17.1 Å². The fourth-order valence-electron chi connectivity index (χ4n) is 2.67. The molecule has 0 radical (unpaired) electrons. The molecular formula is C19H29N3O8. The molecule has 30 heavy (non-hydrogen) atoms. The average molecular weight is 427 g/mol. The van der Waals surface area contributed by atoms with E-state index in [1.807, 2.05) is 0 Å². The summed E-state index contributed by atoms with van der Waals surface area (Å²) in [5.41, 5.74) is -2.63. The van der Waals surface area contributed by atoms with Crippen LogP contribution < -0.4 is 10.6 Å². The van der Waals surface area contributed by atoms with E-state index in [0.29, 0.717) is 4.90 Å². The van der Waals surface area contributed by atoms with Crippen LogP contribution in [0.3, 0.4) is 0 Å². The highest BCUT2D eigenvalue weighted by molar-refractivity contribution is 6.08. The third kappa shape index (κ3) is 6.00. The zero-order valence-electron chi connectivity index (χ0n) is 18.0. The maximum Gasteiger partial charge on any atom is 0.425 e. The molecule has 1 aromatic heterocycles. The smallest absolute Gasteiger partial charge is 0.425 e. The maximum atomic E-state index is 12.6. The highest BCUT2D eigenvalue weighted by Gasteiger charge is 2.37. The van der Waals surface area contributed by atoms with Gasteiger partial charge in [-0.3, -0.25) is 4.57 Å². The van der Waals surface area contributed by atoms with E-state index in [-0.39, 0.29) is 12.2 Å². The number of carbonyl (C=O) groups is 2. The zero-order chi connectivity index (χ0) is 22.9. The van der Waals surface area contributed by atoms with Crippen LogP contribution in [0, 0.1) is 0 Å². The molecule has 1 aliphatic heterocycles. The topological polar surface area (TPSA) is 140 Å². The summed E-state index contributed by atoms with van der Waals surface area (Å²) < 4.78 is 17.1. The monoisotopic (exact) mass is 427 g/mol. The van der Waals surface area contributed by atoms with Crippen molar-refractivity contribution in [3.05, 3.63) is 22.7 Å². The van der Waals surface area contributed by atoms with E-state index in [0.717, 1.165) is 4.57 Å². The minimum atomic E-state index is -1.05. The van der Waals surface area contributed by atoms with E-state index in [1.165, 1.54) is 12.3 Å². The number of carbonyl (C=O) groups excluding carboxylic acids is 2. The van der Waals surface area contributed by atoms with Crippen molar-refractivity contribution in [2.75, 3.05) is 11.5 Å². The van der Waals surface area contributed by atoms with Crippen LogP contribution >= 0.6 is 0 Å². The summed E-state index contributed by atoms with van der Waals surface area (Å²) in [5.74, 6) is -0.281. The molecule has 0 aromatic carbocycles. The molecule has 11 heteroatoms. The molecule has 2 N–H and O–H groups in total. The number of anilines is 1. The van der Waals surface area contributed by atoms with Crippen molar-refractivity contribution in [3.8, 4) is 0 Å². The maximum absolute atomic E-state index is 12.6. The van der Waals surface area contributed by atoms with Crippen LogP contribution in [0.25, 0.3) is 0 Å². The molecule has 1 aromatic rings. The van der Waals surface area contributed by atoms with Gasteiger partial charge in [0.1, 0.15) is 23.5 Å². The van der Waals surface area contributed by atoms with Gasteiger partial charge in [-0.25, -0.2) is 14.4 Å². The largest absolute Gasteiger partial charge is 0.443 e. The molecule has 0 saturated carbocycles. The van der Waals surface area contributed by atoms with Gasteiger partial charge in [-0.2, -0.15) is 9.88 Å². The Hall–Kier alpha value is -2.50. The van der Waals surface area contributed by atoms with Crippen molar-refractivity contribution in [1.82, 2.24) is 9.55 Å². The average Bonchev–Trinajstić information content (AvgIpc) is 2.92. The number of aromatic nitrogens is 2.